The van der Waals surface area contributed by atoms with E-state index in [-0.39, 0.29) is 11.9 Å². The van der Waals surface area contributed by atoms with Crippen molar-refractivity contribution in [2.24, 2.45) is 5.73 Å². The standard InChI is InChI=1S/C9H15FN4/c1-6(11)4-14(3)9-8(10)7(2)12-5-13-9/h5-6H,4,11H2,1-3H3. The average molecular weight is 198 g/mol. The first-order valence-corrected chi connectivity index (χ1v) is 4.46. The second-order valence-electron chi connectivity index (χ2n) is 3.45. The molecule has 0 aliphatic carbocycles. The van der Waals surface area contributed by atoms with E-state index in [1.807, 2.05) is 6.92 Å². The lowest BCUT2D eigenvalue weighted by atomic mass is 10.3. The van der Waals surface area contributed by atoms with E-state index in [9.17, 15) is 4.39 Å². The molecule has 2 N–H and O–H groups in total. The van der Waals surface area contributed by atoms with Crippen LogP contribution in [-0.4, -0.2) is 29.6 Å². The van der Waals surface area contributed by atoms with Crippen molar-refractivity contribution in [1.82, 2.24) is 9.97 Å². The minimum atomic E-state index is -0.379. The van der Waals surface area contributed by atoms with Gasteiger partial charge in [0.15, 0.2) is 11.6 Å². The molecule has 0 saturated carbocycles. The van der Waals surface area contributed by atoms with Crippen LogP contribution >= 0.6 is 0 Å². The monoisotopic (exact) mass is 198 g/mol. The molecule has 0 aliphatic rings. The highest BCUT2D eigenvalue weighted by atomic mass is 19.1. The minimum Gasteiger partial charge on any atom is -0.356 e. The summed E-state index contributed by atoms with van der Waals surface area (Å²) < 4.78 is 13.5. The van der Waals surface area contributed by atoms with Gasteiger partial charge < -0.3 is 10.6 Å². The van der Waals surface area contributed by atoms with Gasteiger partial charge in [-0.2, -0.15) is 0 Å². The zero-order valence-electron chi connectivity index (χ0n) is 8.66. The van der Waals surface area contributed by atoms with Crippen LogP contribution in [0.1, 0.15) is 12.6 Å². The summed E-state index contributed by atoms with van der Waals surface area (Å²) in [5.41, 5.74) is 5.96. The molecule has 14 heavy (non-hydrogen) atoms. The first kappa shape index (κ1) is 10.8. The summed E-state index contributed by atoms with van der Waals surface area (Å²) in [6.07, 6.45) is 1.35. The van der Waals surface area contributed by atoms with Gasteiger partial charge in [0.25, 0.3) is 0 Å². The van der Waals surface area contributed by atoms with Crippen LogP contribution in [0.2, 0.25) is 0 Å². The Morgan fingerprint density at radius 2 is 2.21 bits per heavy atom. The number of nitrogens with zero attached hydrogens (tertiary/aromatic N) is 3. The number of halogens is 1. The lowest BCUT2D eigenvalue weighted by Crippen LogP contribution is -2.34. The number of nitrogens with two attached hydrogens (primary N) is 1. The summed E-state index contributed by atoms with van der Waals surface area (Å²) in [7, 11) is 1.76. The van der Waals surface area contributed by atoms with Crippen LogP contribution in [0, 0.1) is 12.7 Å². The highest BCUT2D eigenvalue weighted by Gasteiger charge is 2.12. The van der Waals surface area contributed by atoms with Crippen molar-refractivity contribution in [2.45, 2.75) is 19.9 Å². The van der Waals surface area contributed by atoms with Gasteiger partial charge in [-0.1, -0.05) is 0 Å². The fraction of sp³-hybridized carbons (Fsp3) is 0.556. The molecular formula is C9H15FN4. The van der Waals surface area contributed by atoms with Crippen LogP contribution in [0.4, 0.5) is 10.2 Å². The molecule has 1 aromatic heterocycles. The second kappa shape index (κ2) is 4.32. The smallest absolute Gasteiger partial charge is 0.186 e. The van der Waals surface area contributed by atoms with Crippen LogP contribution in [0.25, 0.3) is 0 Å². The van der Waals surface area contributed by atoms with Gasteiger partial charge in [-0.3, -0.25) is 0 Å². The Balaban J connectivity index is 2.89. The number of rotatable bonds is 3. The predicted octanol–water partition coefficient (Wildman–Crippen LogP) is 0.708. The molecule has 0 radical (unpaired) electrons. The lowest BCUT2D eigenvalue weighted by molar-refractivity contribution is 0.590. The molecule has 4 nitrogen and oxygen atoms in total. The van der Waals surface area contributed by atoms with Crippen LogP contribution in [0.5, 0.6) is 0 Å². The molecule has 1 aromatic rings. The van der Waals surface area contributed by atoms with Crippen molar-refractivity contribution in [3.63, 3.8) is 0 Å². The summed E-state index contributed by atoms with van der Waals surface area (Å²) in [5, 5.41) is 0. The van der Waals surface area contributed by atoms with E-state index in [2.05, 4.69) is 9.97 Å². The van der Waals surface area contributed by atoms with Crippen molar-refractivity contribution < 1.29 is 4.39 Å². The van der Waals surface area contributed by atoms with Crippen molar-refractivity contribution in [2.75, 3.05) is 18.5 Å². The van der Waals surface area contributed by atoms with E-state index in [0.29, 0.717) is 18.1 Å². The zero-order valence-corrected chi connectivity index (χ0v) is 8.66. The highest BCUT2D eigenvalue weighted by Crippen LogP contribution is 2.15. The molecule has 1 unspecified atom stereocenters. The molecule has 0 spiro atoms. The lowest BCUT2D eigenvalue weighted by Gasteiger charge is -2.20. The van der Waals surface area contributed by atoms with E-state index in [0.717, 1.165) is 0 Å². The molecule has 0 aromatic carbocycles. The molecule has 1 atom stereocenters. The Bertz CT molecular complexity index is 314. The summed E-state index contributed by atoms with van der Waals surface area (Å²) >= 11 is 0. The number of aryl methyl sites for hydroxylation is 1. The van der Waals surface area contributed by atoms with Gasteiger partial charge in [0.05, 0.1) is 5.69 Å². The van der Waals surface area contributed by atoms with Gasteiger partial charge in [0.2, 0.25) is 0 Å². The van der Waals surface area contributed by atoms with Crippen LogP contribution < -0.4 is 10.6 Å². The summed E-state index contributed by atoms with van der Waals surface area (Å²) in [6, 6.07) is -0.0188. The maximum Gasteiger partial charge on any atom is 0.186 e. The molecule has 78 valence electrons. The molecular weight excluding hydrogens is 183 g/mol. The average Bonchev–Trinajstić information content (AvgIpc) is 2.08. The SMILES string of the molecule is Cc1ncnc(N(C)CC(C)N)c1F. The normalized spacial score (nSPS) is 12.6. The first-order chi connectivity index (χ1) is 6.52. The summed E-state index contributed by atoms with van der Waals surface area (Å²) in [4.78, 5) is 9.32. The Morgan fingerprint density at radius 1 is 1.57 bits per heavy atom. The van der Waals surface area contributed by atoms with Gasteiger partial charge in [-0.15, -0.1) is 0 Å². The third kappa shape index (κ3) is 2.38. The van der Waals surface area contributed by atoms with Crippen molar-refractivity contribution >= 4 is 5.82 Å². The Hall–Kier alpha value is -1.23. The summed E-state index contributed by atoms with van der Waals surface area (Å²) in [6.45, 7) is 4.04. The summed E-state index contributed by atoms with van der Waals surface area (Å²) in [5.74, 6) is -0.0783. The quantitative estimate of drug-likeness (QED) is 0.777. The fourth-order valence-corrected chi connectivity index (χ4v) is 1.23. The Kier molecular flexibility index (Phi) is 3.35. The third-order valence-corrected chi connectivity index (χ3v) is 1.87. The molecule has 0 amide bonds. The molecule has 1 rings (SSSR count). The van der Waals surface area contributed by atoms with Crippen LogP contribution in [0.3, 0.4) is 0 Å². The molecule has 1 heterocycles. The topological polar surface area (TPSA) is 55.0 Å². The van der Waals surface area contributed by atoms with Gasteiger partial charge >= 0.3 is 0 Å². The van der Waals surface area contributed by atoms with Crippen molar-refractivity contribution in [3.8, 4) is 0 Å². The minimum absolute atomic E-state index is 0.0188. The van der Waals surface area contributed by atoms with Gasteiger partial charge in [0.1, 0.15) is 6.33 Å². The first-order valence-electron chi connectivity index (χ1n) is 4.46. The number of likely N-dealkylation sites (N-methyl/N-ethyl adjacent to an activating group) is 1. The second-order valence-corrected chi connectivity index (χ2v) is 3.45. The maximum absolute atomic E-state index is 13.5. The molecule has 0 fully saturated rings. The van der Waals surface area contributed by atoms with E-state index in [1.165, 1.54) is 6.33 Å². The van der Waals surface area contributed by atoms with Gasteiger partial charge in [-0.05, 0) is 13.8 Å². The Labute approximate surface area is 83.0 Å². The van der Waals surface area contributed by atoms with E-state index in [1.54, 1.807) is 18.9 Å². The molecule has 5 heteroatoms. The largest absolute Gasteiger partial charge is 0.356 e. The van der Waals surface area contributed by atoms with E-state index >= 15 is 0 Å². The Morgan fingerprint density at radius 3 is 2.79 bits per heavy atom. The number of hydrogen-bond acceptors (Lipinski definition) is 4. The number of aromatic nitrogens is 2. The third-order valence-electron chi connectivity index (χ3n) is 1.87. The highest BCUT2D eigenvalue weighted by molar-refractivity contribution is 5.39. The maximum atomic E-state index is 13.5. The molecule has 0 saturated heterocycles. The number of anilines is 1. The van der Waals surface area contributed by atoms with E-state index in [4.69, 9.17) is 5.73 Å². The van der Waals surface area contributed by atoms with Crippen molar-refractivity contribution in [1.29, 1.82) is 0 Å². The molecule has 0 aliphatic heterocycles. The van der Waals surface area contributed by atoms with E-state index < -0.39 is 0 Å². The zero-order chi connectivity index (χ0) is 10.7. The van der Waals surface area contributed by atoms with Gasteiger partial charge in [0, 0.05) is 19.6 Å². The van der Waals surface area contributed by atoms with Crippen LogP contribution in [0.15, 0.2) is 6.33 Å². The van der Waals surface area contributed by atoms with Crippen molar-refractivity contribution in [3.05, 3.63) is 17.8 Å². The molecule has 0 bridgehead atoms. The van der Waals surface area contributed by atoms with Crippen LogP contribution in [-0.2, 0) is 0 Å². The number of hydrogen-bond donors (Lipinski definition) is 1. The predicted molar refractivity (Wildman–Crippen MR) is 53.6 cm³/mol. The van der Waals surface area contributed by atoms with Gasteiger partial charge in [-0.25, -0.2) is 14.4 Å². The fourth-order valence-electron chi connectivity index (χ4n) is 1.23.